The van der Waals surface area contributed by atoms with E-state index in [0.717, 1.165) is 72.8 Å². The lowest BCUT2D eigenvalue weighted by molar-refractivity contribution is 1.07. The van der Waals surface area contributed by atoms with Crippen LogP contribution in [0.25, 0.3) is 90.3 Å². The lowest BCUT2D eigenvalue weighted by Crippen LogP contribution is -2.02. The van der Waals surface area contributed by atoms with E-state index in [-0.39, 0.29) is 0 Å². The second-order valence-electron chi connectivity index (χ2n) is 12.8. The van der Waals surface area contributed by atoms with Crippen molar-refractivity contribution in [3.8, 4) is 90.3 Å². The Morgan fingerprint density at radius 1 is 0.241 bits per heavy atom. The molecule has 6 nitrogen and oxygen atoms in total. The summed E-state index contributed by atoms with van der Waals surface area (Å²) in [6, 6.07) is 61.2. The van der Waals surface area contributed by atoms with Gasteiger partial charge in [0.1, 0.15) is 0 Å². The van der Waals surface area contributed by atoms with E-state index in [0.29, 0.717) is 17.5 Å². The van der Waals surface area contributed by atoms with Crippen molar-refractivity contribution < 1.29 is 0 Å². The molecular weight excluding hydrogens is 661 g/mol. The molecule has 0 radical (unpaired) electrons. The standard InChI is InChI=1S/C48H32N6/c1-5-16-33(17-6-1)42-43(34-18-7-2-8-19-34)51-45(44(50-42)35-20-9-3-10-21-35)38-25-14-27-40(31-38)48-53-46(36-22-11-4-12-23-36)52-47(54-48)39-26-13-24-37(30-39)41-28-15-29-49-32-41/h1-32H. The number of aromatic nitrogens is 6. The summed E-state index contributed by atoms with van der Waals surface area (Å²) in [6.07, 6.45) is 3.64. The lowest BCUT2D eigenvalue weighted by Gasteiger charge is -2.16. The highest BCUT2D eigenvalue weighted by atomic mass is 15.0. The predicted octanol–water partition coefficient (Wildman–Crippen LogP) is 11.4. The molecule has 6 aromatic carbocycles. The summed E-state index contributed by atoms with van der Waals surface area (Å²) < 4.78 is 0. The van der Waals surface area contributed by atoms with Crippen molar-refractivity contribution in [1.82, 2.24) is 29.9 Å². The Hall–Kier alpha value is -7.44. The molecular formula is C48H32N6. The number of benzene rings is 6. The van der Waals surface area contributed by atoms with Crippen molar-refractivity contribution in [1.29, 1.82) is 0 Å². The third kappa shape index (κ3) is 6.67. The van der Waals surface area contributed by atoms with E-state index in [4.69, 9.17) is 24.9 Å². The Morgan fingerprint density at radius 3 is 1.06 bits per heavy atom. The van der Waals surface area contributed by atoms with Crippen LogP contribution in [0.15, 0.2) is 194 Å². The first-order valence-corrected chi connectivity index (χ1v) is 17.8. The van der Waals surface area contributed by atoms with Crippen molar-refractivity contribution in [3.63, 3.8) is 0 Å². The molecule has 3 aromatic heterocycles. The van der Waals surface area contributed by atoms with Gasteiger partial charge in [0.2, 0.25) is 0 Å². The van der Waals surface area contributed by atoms with Gasteiger partial charge in [0.15, 0.2) is 17.5 Å². The molecule has 0 spiro atoms. The molecule has 0 N–H and O–H groups in total. The van der Waals surface area contributed by atoms with E-state index in [1.165, 1.54) is 0 Å². The Bertz CT molecular complexity index is 2690. The summed E-state index contributed by atoms with van der Waals surface area (Å²) in [5.74, 6) is 1.74. The van der Waals surface area contributed by atoms with E-state index in [1.54, 1.807) is 6.20 Å². The van der Waals surface area contributed by atoms with Gasteiger partial charge in [-0.1, -0.05) is 164 Å². The number of pyridine rings is 1. The van der Waals surface area contributed by atoms with Crippen LogP contribution in [0.5, 0.6) is 0 Å². The zero-order chi connectivity index (χ0) is 36.1. The highest BCUT2D eigenvalue weighted by Gasteiger charge is 2.20. The molecule has 0 aliphatic rings. The van der Waals surface area contributed by atoms with Crippen LogP contribution in [0.4, 0.5) is 0 Å². The number of nitrogens with zero attached hydrogens (tertiary/aromatic N) is 6. The average molecular weight is 693 g/mol. The zero-order valence-electron chi connectivity index (χ0n) is 29.2. The third-order valence-corrected chi connectivity index (χ3v) is 9.21. The molecule has 3 heterocycles. The molecule has 0 aliphatic carbocycles. The van der Waals surface area contributed by atoms with Crippen molar-refractivity contribution in [2.24, 2.45) is 0 Å². The summed E-state index contributed by atoms with van der Waals surface area (Å²) in [5.41, 5.74) is 11.7. The fourth-order valence-corrected chi connectivity index (χ4v) is 6.56. The van der Waals surface area contributed by atoms with Gasteiger partial charge in [0.05, 0.1) is 22.8 Å². The predicted molar refractivity (Wildman–Crippen MR) is 217 cm³/mol. The van der Waals surface area contributed by atoms with E-state index in [1.807, 2.05) is 128 Å². The van der Waals surface area contributed by atoms with Gasteiger partial charge in [-0.3, -0.25) is 4.98 Å². The fourth-order valence-electron chi connectivity index (χ4n) is 6.56. The topological polar surface area (TPSA) is 77.3 Å². The monoisotopic (exact) mass is 692 g/mol. The Morgan fingerprint density at radius 2 is 0.593 bits per heavy atom. The molecule has 0 saturated heterocycles. The van der Waals surface area contributed by atoms with E-state index >= 15 is 0 Å². The van der Waals surface area contributed by atoms with Crippen LogP contribution in [0.3, 0.4) is 0 Å². The largest absolute Gasteiger partial charge is 0.264 e. The molecule has 54 heavy (non-hydrogen) atoms. The second-order valence-corrected chi connectivity index (χ2v) is 12.8. The maximum atomic E-state index is 5.45. The lowest BCUT2D eigenvalue weighted by atomic mass is 9.98. The van der Waals surface area contributed by atoms with Gasteiger partial charge >= 0.3 is 0 Å². The first kappa shape index (κ1) is 32.5. The quantitative estimate of drug-likeness (QED) is 0.158. The SMILES string of the molecule is c1ccc(-c2nc(-c3cccc(-c4cccnc4)c3)nc(-c3cccc(-c4nc(-c5ccccc5)c(-c5ccccc5)nc4-c4ccccc4)c3)n2)cc1. The summed E-state index contributed by atoms with van der Waals surface area (Å²) in [4.78, 5) is 30.3. The first-order chi connectivity index (χ1) is 26.8. The molecule has 0 unspecified atom stereocenters. The van der Waals surface area contributed by atoms with Gasteiger partial charge in [-0.2, -0.15) is 0 Å². The molecule has 0 atom stereocenters. The van der Waals surface area contributed by atoms with Crippen molar-refractivity contribution in [3.05, 3.63) is 194 Å². The van der Waals surface area contributed by atoms with Crippen LogP contribution in [-0.4, -0.2) is 29.9 Å². The molecule has 254 valence electrons. The summed E-state index contributed by atoms with van der Waals surface area (Å²) in [7, 11) is 0. The molecule has 9 rings (SSSR count). The average Bonchev–Trinajstić information content (AvgIpc) is 3.27. The maximum Gasteiger partial charge on any atom is 0.164 e. The van der Waals surface area contributed by atoms with Gasteiger partial charge in [0.25, 0.3) is 0 Å². The number of hydrogen-bond donors (Lipinski definition) is 0. The van der Waals surface area contributed by atoms with Crippen molar-refractivity contribution in [2.75, 3.05) is 0 Å². The summed E-state index contributed by atoms with van der Waals surface area (Å²) in [5, 5.41) is 0. The van der Waals surface area contributed by atoms with Gasteiger partial charge < -0.3 is 0 Å². The minimum Gasteiger partial charge on any atom is -0.264 e. The third-order valence-electron chi connectivity index (χ3n) is 9.21. The molecule has 0 aliphatic heterocycles. The molecule has 9 aromatic rings. The van der Waals surface area contributed by atoms with Gasteiger partial charge in [-0.15, -0.1) is 0 Å². The molecule has 0 saturated carbocycles. The minimum absolute atomic E-state index is 0.561. The van der Waals surface area contributed by atoms with E-state index < -0.39 is 0 Å². The zero-order valence-corrected chi connectivity index (χ0v) is 29.2. The van der Waals surface area contributed by atoms with Crippen molar-refractivity contribution >= 4 is 0 Å². The van der Waals surface area contributed by atoms with Crippen LogP contribution in [-0.2, 0) is 0 Å². The van der Waals surface area contributed by atoms with Crippen LogP contribution in [0, 0.1) is 0 Å². The van der Waals surface area contributed by atoms with Crippen LogP contribution in [0.1, 0.15) is 0 Å². The van der Waals surface area contributed by atoms with Crippen molar-refractivity contribution in [2.45, 2.75) is 0 Å². The highest BCUT2D eigenvalue weighted by Crippen LogP contribution is 2.38. The number of rotatable bonds is 8. The van der Waals surface area contributed by atoms with E-state index in [9.17, 15) is 0 Å². The van der Waals surface area contributed by atoms with Gasteiger partial charge in [-0.25, -0.2) is 24.9 Å². The minimum atomic E-state index is 0.561. The van der Waals surface area contributed by atoms with E-state index in [2.05, 4.69) is 65.6 Å². The molecule has 0 fully saturated rings. The normalized spacial score (nSPS) is 11.0. The highest BCUT2D eigenvalue weighted by molar-refractivity contribution is 5.87. The summed E-state index contributed by atoms with van der Waals surface area (Å²) >= 11 is 0. The Labute approximate surface area is 313 Å². The Kier molecular flexibility index (Phi) is 8.81. The van der Waals surface area contributed by atoms with Gasteiger partial charge in [0, 0.05) is 56.9 Å². The van der Waals surface area contributed by atoms with Crippen LogP contribution < -0.4 is 0 Å². The Balaban J connectivity index is 1.23. The molecule has 0 bridgehead atoms. The smallest absolute Gasteiger partial charge is 0.164 e. The fraction of sp³-hybridized carbons (Fsp3) is 0. The van der Waals surface area contributed by atoms with Crippen LogP contribution in [0.2, 0.25) is 0 Å². The molecule has 6 heteroatoms. The van der Waals surface area contributed by atoms with Crippen LogP contribution >= 0.6 is 0 Å². The maximum absolute atomic E-state index is 5.45. The number of hydrogen-bond acceptors (Lipinski definition) is 6. The summed E-state index contributed by atoms with van der Waals surface area (Å²) in [6.45, 7) is 0. The first-order valence-electron chi connectivity index (χ1n) is 17.8. The molecule has 0 amide bonds. The second kappa shape index (κ2) is 14.7. The van der Waals surface area contributed by atoms with Gasteiger partial charge in [-0.05, 0) is 23.8 Å².